The summed E-state index contributed by atoms with van der Waals surface area (Å²) < 4.78 is 1.10. The maximum Gasteiger partial charge on any atom is 0.252 e. The summed E-state index contributed by atoms with van der Waals surface area (Å²) in [4.78, 5) is 12.0. The molecule has 1 aromatic carbocycles. The van der Waals surface area contributed by atoms with E-state index in [9.17, 15) is 9.90 Å². The van der Waals surface area contributed by atoms with E-state index in [1.54, 1.807) is 25.2 Å². The van der Waals surface area contributed by atoms with Crippen LogP contribution >= 0.6 is 11.3 Å². The first-order chi connectivity index (χ1) is 7.97. The van der Waals surface area contributed by atoms with Crippen molar-refractivity contribution in [2.45, 2.75) is 19.4 Å². The van der Waals surface area contributed by atoms with Crippen LogP contribution in [0.4, 0.5) is 0 Å². The summed E-state index contributed by atoms with van der Waals surface area (Å²) in [7, 11) is 0. The van der Waals surface area contributed by atoms with Gasteiger partial charge in [-0.05, 0) is 19.9 Å². The minimum Gasteiger partial charge on any atom is -0.389 e. The third kappa shape index (κ3) is 2.84. The zero-order valence-electron chi connectivity index (χ0n) is 9.86. The third-order valence-electron chi connectivity index (χ3n) is 2.41. The lowest BCUT2D eigenvalue weighted by molar-refractivity contribution is 0.0695. The van der Waals surface area contributed by atoms with Crippen molar-refractivity contribution < 1.29 is 9.90 Å². The maximum absolute atomic E-state index is 12.0. The third-order valence-corrected chi connectivity index (χ3v) is 3.37. The van der Waals surface area contributed by atoms with Crippen molar-refractivity contribution in [1.82, 2.24) is 5.32 Å². The number of nitrogens with one attached hydrogen (secondary N) is 1. The smallest absolute Gasteiger partial charge is 0.252 e. The van der Waals surface area contributed by atoms with Gasteiger partial charge in [-0.2, -0.15) is 0 Å². The SMILES string of the molecule is CC(C)(O)CNC(=O)c1csc2ccccc12. The van der Waals surface area contributed by atoms with Crippen molar-refractivity contribution in [1.29, 1.82) is 0 Å². The van der Waals surface area contributed by atoms with Crippen LogP contribution in [0, 0.1) is 0 Å². The predicted molar refractivity (Wildman–Crippen MR) is 70.5 cm³/mol. The summed E-state index contributed by atoms with van der Waals surface area (Å²) in [6, 6.07) is 7.80. The number of rotatable bonds is 3. The number of carbonyl (C=O) groups is 1. The molecule has 2 aromatic rings. The molecule has 1 amide bonds. The number of fused-ring (bicyclic) bond motifs is 1. The van der Waals surface area contributed by atoms with E-state index < -0.39 is 5.60 Å². The minimum absolute atomic E-state index is 0.135. The van der Waals surface area contributed by atoms with E-state index in [2.05, 4.69) is 5.32 Å². The van der Waals surface area contributed by atoms with Gasteiger partial charge in [0.2, 0.25) is 0 Å². The summed E-state index contributed by atoms with van der Waals surface area (Å²) in [5, 5.41) is 15.1. The quantitative estimate of drug-likeness (QED) is 0.877. The molecular formula is C13H15NO2S. The van der Waals surface area contributed by atoms with Crippen LogP contribution in [-0.2, 0) is 0 Å². The molecule has 0 bridgehead atoms. The molecule has 2 N–H and O–H groups in total. The van der Waals surface area contributed by atoms with Gasteiger partial charge >= 0.3 is 0 Å². The zero-order valence-corrected chi connectivity index (χ0v) is 10.7. The number of thiophene rings is 1. The topological polar surface area (TPSA) is 49.3 Å². The fourth-order valence-electron chi connectivity index (χ4n) is 1.55. The van der Waals surface area contributed by atoms with Gasteiger partial charge in [0.1, 0.15) is 0 Å². The Bertz CT molecular complexity index is 540. The highest BCUT2D eigenvalue weighted by Crippen LogP contribution is 2.25. The lowest BCUT2D eigenvalue weighted by atomic mass is 10.1. The van der Waals surface area contributed by atoms with Gasteiger partial charge in [-0.1, -0.05) is 18.2 Å². The van der Waals surface area contributed by atoms with Crippen LogP contribution in [0.1, 0.15) is 24.2 Å². The minimum atomic E-state index is -0.887. The van der Waals surface area contributed by atoms with Crippen molar-refractivity contribution in [2.75, 3.05) is 6.54 Å². The highest BCUT2D eigenvalue weighted by Gasteiger charge is 2.16. The van der Waals surface area contributed by atoms with Crippen molar-refractivity contribution in [3.8, 4) is 0 Å². The number of benzene rings is 1. The molecule has 0 radical (unpaired) electrons. The van der Waals surface area contributed by atoms with E-state index in [1.165, 1.54) is 0 Å². The second kappa shape index (κ2) is 4.47. The van der Waals surface area contributed by atoms with Crippen molar-refractivity contribution >= 4 is 27.3 Å². The summed E-state index contributed by atoms with van der Waals surface area (Å²) >= 11 is 1.55. The van der Waals surface area contributed by atoms with Crippen molar-refractivity contribution in [3.63, 3.8) is 0 Å². The summed E-state index contributed by atoms with van der Waals surface area (Å²) in [5.74, 6) is -0.135. The monoisotopic (exact) mass is 249 g/mol. The second-order valence-corrected chi connectivity index (χ2v) is 5.55. The van der Waals surface area contributed by atoms with Gasteiger partial charge in [-0.3, -0.25) is 4.79 Å². The summed E-state index contributed by atoms with van der Waals surface area (Å²) in [6.07, 6.45) is 0. The number of aliphatic hydroxyl groups is 1. The Morgan fingerprint density at radius 3 is 2.82 bits per heavy atom. The molecule has 3 nitrogen and oxygen atoms in total. The van der Waals surface area contributed by atoms with Crippen LogP contribution in [0.25, 0.3) is 10.1 Å². The van der Waals surface area contributed by atoms with Gasteiger partial charge in [0.05, 0.1) is 11.2 Å². The van der Waals surface area contributed by atoms with Gasteiger partial charge in [0, 0.05) is 22.0 Å². The van der Waals surface area contributed by atoms with Crippen molar-refractivity contribution in [2.24, 2.45) is 0 Å². The van der Waals surface area contributed by atoms with Gasteiger partial charge < -0.3 is 10.4 Å². The van der Waals surface area contributed by atoms with E-state index in [1.807, 2.05) is 29.6 Å². The van der Waals surface area contributed by atoms with E-state index in [0.29, 0.717) is 5.56 Å². The summed E-state index contributed by atoms with van der Waals surface area (Å²) in [5.41, 5.74) is -0.212. The number of hydrogen-bond acceptors (Lipinski definition) is 3. The predicted octanol–water partition coefficient (Wildman–Crippen LogP) is 2.40. The highest BCUT2D eigenvalue weighted by atomic mass is 32.1. The van der Waals surface area contributed by atoms with Crippen LogP contribution < -0.4 is 5.32 Å². The molecule has 90 valence electrons. The van der Waals surface area contributed by atoms with Gasteiger partial charge in [0.25, 0.3) is 5.91 Å². The van der Waals surface area contributed by atoms with E-state index in [0.717, 1.165) is 10.1 Å². The average molecular weight is 249 g/mol. The Morgan fingerprint density at radius 2 is 2.12 bits per heavy atom. The Hall–Kier alpha value is -1.39. The molecule has 17 heavy (non-hydrogen) atoms. The molecule has 0 unspecified atom stereocenters. The molecule has 1 heterocycles. The fraction of sp³-hybridized carbons (Fsp3) is 0.308. The van der Waals surface area contributed by atoms with Gasteiger partial charge in [0.15, 0.2) is 0 Å². The first-order valence-electron chi connectivity index (χ1n) is 5.44. The molecule has 0 spiro atoms. The molecule has 1 aromatic heterocycles. The lowest BCUT2D eigenvalue weighted by Gasteiger charge is -2.17. The van der Waals surface area contributed by atoms with Crippen LogP contribution in [0.2, 0.25) is 0 Å². The molecule has 2 rings (SSSR count). The van der Waals surface area contributed by atoms with Crippen LogP contribution in [0.3, 0.4) is 0 Å². The molecule has 0 aliphatic rings. The average Bonchev–Trinajstić information content (AvgIpc) is 2.68. The van der Waals surface area contributed by atoms with Crippen LogP contribution in [0.5, 0.6) is 0 Å². The molecule has 4 heteroatoms. The fourth-order valence-corrected chi connectivity index (χ4v) is 2.49. The standard InChI is InChI=1S/C13H15NO2S/c1-13(2,16)8-14-12(15)10-7-17-11-6-4-3-5-9(10)11/h3-7,16H,8H2,1-2H3,(H,14,15). The molecule has 0 aliphatic heterocycles. The highest BCUT2D eigenvalue weighted by molar-refractivity contribution is 7.17. The normalized spacial score (nSPS) is 11.7. The van der Waals surface area contributed by atoms with Gasteiger partial charge in [-0.15, -0.1) is 11.3 Å². The molecular weight excluding hydrogens is 234 g/mol. The van der Waals surface area contributed by atoms with E-state index in [4.69, 9.17) is 0 Å². The second-order valence-electron chi connectivity index (χ2n) is 4.64. The molecule has 0 saturated carbocycles. The van der Waals surface area contributed by atoms with E-state index in [-0.39, 0.29) is 12.5 Å². The Morgan fingerprint density at radius 1 is 1.41 bits per heavy atom. The molecule has 0 aliphatic carbocycles. The van der Waals surface area contributed by atoms with E-state index >= 15 is 0 Å². The molecule has 0 atom stereocenters. The number of hydrogen-bond donors (Lipinski definition) is 2. The first kappa shape index (κ1) is 12.1. The van der Waals surface area contributed by atoms with Gasteiger partial charge in [-0.25, -0.2) is 0 Å². The lowest BCUT2D eigenvalue weighted by Crippen LogP contribution is -2.38. The first-order valence-corrected chi connectivity index (χ1v) is 6.32. The maximum atomic E-state index is 12.0. The Balaban J connectivity index is 2.20. The zero-order chi connectivity index (χ0) is 12.5. The molecule has 0 fully saturated rings. The number of carbonyl (C=O) groups excluding carboxylic acids is 1. The summed E-state index contributed by atoms with van der Waals surface area (Å²) in [6.45, 7) is 3.58. The largest absolute Gasteiger partial charge is 0.389 e. The molecule has 0 saturated heterocycles. The van der Waals surface area contributed by atoms with Crippen LogP contribution in [-0.4, -0.2) is 23.2 Å². The van der Waals surface area contributed by atoms with Crippen LogP contribution in [0.15, 0.2) is 29.6 Å². The Kier molecular flexibility index (Phi) is 3.17. The van der Waals surface area contributed by atoms with Crippen molar-refractivity contribution in [3.05, 3.63) is 35.2 Å². The Labute approximate surface area is 104 Å². The number of amides is 1.